The van der Waals surface area contributed by atoms with Crippen LogP contribution in [0.15, 0.2) is 22.3 Å². The molecular formula is C20H27N5O3. The van der Waals surface area contributed by atoms with Crippen LogP contribution in [-0.4, -0.2) is 34.9 Å². The molecule has 28 heavy (non-hydrogen) atoms. The Labute approximate surface area is 164 Å². The molecule has 1 fully saturated rings. The summed E-state index contributed by atoms with van der Waals surface area (Å²) in [4.78, 5) is 13.5. The zero-order chi connectivity index (χ0) is 19.5. The lowest BCUT2D eigenvalue weighted by molar-refractivity contribution is -0.382. The number of nitro groups is 1. The number of hydrogen-bond acceptors (Lipinski definition) is 7. The molecule has 4 rings (SSSR count). The molecule has 0 bridgehead atoms. The predicted octanol–water partition coefficient (Wildman–Crippen LogP) is 4.67. The maximum Gasteiger partial charge on any atom is 0.323 e. The lowest BCUT2D eigenvalue weighted by atomic mass is 9.97. The van der Waals surface area contributed by atoms with E-state index in [2.05, 4.69) is 33.5 Å². The fourth-order valence-electron chi connectivity index (χ4n) is 4.21. The molecule has 0 atom stereocenters. The van der Waals surface area contributed by atoms with E-state index in [-0.39, 0.29) is 16.1 Å². The second-order valence-corrected chi connectivity index (χ2v) is 7.96. The molecule has 1 aromatic heterocycles. The summed E-state index contributed by atoms with van der Waals surface area (Å²) in [6, 6.07) is 1.86. The lowest BCUT2D eigenvalue weighted by Crippen LogP contribution is -2.33. The van der Waals surface area contributed by atoms with E-state index >= 15 is 0 Å². The summed E-state index contributed by atoms with van der Waals surface area (Å²) in [7, 11) is 0. The van der Waals surface area contributed by atoms with Crippen LogP contribution in [0.2, 0.25) is 0 Å². The van der Waals surface area contributed by atoms with E-state index in [0.717, 1.165) is 44.6 Å². The topological polar surface area (TPSA) is 97.3 Å². The average Bonchev–Trinajstić information content (AvgIpc) is 3.18. The van der Waals surface area contributed by atoms with Gasteiger partial charge in [0.25, 0.3) is 0 Å². The summed E-state index contributed by atoms with van der Waals surface area (Å²) in [6.45, 7) is 4.61. The van der Waals surface area contributed by atoms with Gasteiger partial charge in [-0.1, -0.05) is 18.6 Å². The normalized spacial score (nSPS) is 18.3. The minimum absolute atomic E-state index is 0.00802. The van der Waals surface area contributed by atoms with Crippen molar-refractivity contribution in [3.05, 3.63) is 27.8 Å². The number of allylic oxidation sites excluding steroid dienone is 1. The zero-order valence-electron chi connectivity index (χ0n) is 16.3. The van der Waals surface area contributed by atoms with E-state index in [9.17, 15) is 10.1 Å². The second kappa shape index (κ2) is 8.16. The zero-order valence-corrected chi connectivity index (χ0v) is 16.3. The van der Waals surface area contributed by atoms with Crippen molar-refractivity contribution in [2.45, 2.75) is 51.9 Å². The third kappa shape index (κ3) is 3.81. The third-order valence-electron chi connectivity index (χ3n) is 5.95. The van der Waals surface area contributed by atoms with Gasteiger partial charge in [0.1, 0.15) is 5.69 Å². The van der Waals surface area contributed by atoms with Crippen molar-refractivity contribution in [1.82, 2.24) is 10.3 Å². The lowest BCUT2D eigenvalue weighted by Gasteiger charge is -2.32. The molecule has 0 saturated carbocycles. The van der Waals surface area contributed by atoms with Gasteiger partial charge in [0.15, 0.2) is 5.52 Å². The number of piperidine rings is 1. The van der Waals surface area contributed by atoms with Crippen LogP contribution in [0.25, 0.3) is 11.0 Å². The van der Waals surface area contributed by atoms with E-state index in [1.165, 1.54) is 31.3 Å². The van der Waals surface area contributed by atoms with Gasteiger partial charge in [-0.3, -0.25) is 10.1 Å². The molecule has 0 amide bonds. The van der Waals surface area contributed by atoms with E-state index in [0.29, 0.717) is 17.1 Å². The number of nitrogens with one attached hydrogen (secondary N) is 1. The molecule has 2 aromatic rings. The van der Waals surface area contributed by atoms with Crippen LogP contribution in [-0.2, 0) is 0 Å². The van der Waals surface area contributed by atoms with Crippen LogP contribution in [0.3, 0.4) is 0 Å². The van der Waals surface area contributed by atoms with Crippen LogP contribution in [0.1, 0.15) is 51.9 Å². The molecule has 0 spiro atoms. The molecule has 1 aromatic carbocycles. The van der Waals surface area contributed by atoms with Crippen molar-refractivity contribution in [3.8, 4) is 0 Å². The van der Waals surface area contributed by atoms with Crippen molar-refractivity contribution in [3.63, 3.8) is 0 Å². The van der Waals surface area contributed by atoms with Crippen molar-refractivity contribution < 1.29 is 9.55 Å². The van der Waals surface area contributed by atoms with Gasteiger partial charge in [-0.2, -0.15) is 0 Å². The highest BCUT2D eigenvalue weighted by Crippen LogP contribution is 2.40. The van der Waals surface area contributed by atoms with Crippen molar-refractivity contribution in [1.29, 1.82) is 0 Å². The number of aromatic nitrogens is 2. The Hall–Kier alpha value is -2.64. The Morgan fingerprint density at radius 1 is 1.29 bits per heavy atom. The number of fused-ring (bicyclic) bond motifs is 1. The molecule has 150 valence electrons. The van der Waals surface area contributed by atoms with E-state index in [1.54, 1.807) is 0 Å². The maximum absolute atomic E-state index is 11.8. The number of benzene rings is 1. The first-order valence-electron chi connectivity index (χ1n) is 10.2. The van der Waals surface area contributed by atoms with E-state index < -0.39 is 0 Å². The Morgan fingerprint density at radius 2 is 2.07 bits per heavy atom. The van der Waals surface area contributed by atoms with Crippen LogP contribution in [0, 0.1) is 16.0 Å². The Kier molecular flexibility index (Phi) is 5.45. The molecule has 0 radical (unpaired) electrons. The molecule has 2 aliphatic rings. The fourth-order valence-corrected chi connectivity index (χ4v) is 4.21. The Bertz CT molecular complexity index is 883. The highest BCUT2D eigenvalue weighted by molar-refractivity contribution is 5.99. The Morgan fingerprint density at radius 3 is 2.79 bits per heavy atom. The van der Waals surface area contributed by atoms with Crippen LogP contribution in [0.4, 0.5) is 17.1 Å². The molecule has 8 heteroatoms. The molecule has 1 aliphatic carbocycles. The number of anilines is 2. The molecule has 1 aliphatic heterocycles. The third-order valence-corrected chi connectivity index (χ3v) is 5.95. The smallest absolute Gasteiger partial charge is 0.323 e. The summed E-state index contributed by atoms with van der Waals surface area (Å²) in [5, 5.41) is 23.0. The average molecular weight is 385 g/mol. The van der Waals surface area contributed by atoms with E-state index in [4.69, 9.17) is 4.63 Å². The van der Waals surface area contributed by atoms with Crippen molar-refractivity contribution >= 4 is 28.1 Å². The summed E-state index contributed by atoms with van der Waals surface area (Å²) >= 11 is 0. The van der Waals surface area contributed by atoms with Crippen molar-refractivity contribution in [2.24, 2.45) is 5.92 Å². The van der Waals surface area contributed by atoms with Gasteiger partial charge in [-0.15, -0.1) is 0 Å². The fraction of sp³-hybridized carbons (Fsp3) is 0.600. The molecule has 8 nitrogen and oxygen atoms in total. The number of hydrogen-bond donors (Lipinski definition) is 1. The standard InChI is InChI=1S/C20H27N5O3/c1-14-8-11-24(12-9-14)17-13-16(21-10-7-15-5-3-2-4-6-15)18-19(23-28-22-18)20(17)25(26)27/h5,13-14,21H,2-4,6-12H2,1H3. The maximum atomic E-state index is 11.8. The highest BCUT2D eigenvalue weighted by atomic mass is 16.6. The first kappa shape index (κ1) is 18.7. The second-order valence-electron chi connectivity index (χ2n) is 7.96. The molecular weight excluding hydrogens is 358 g/mol. The summed E-state index contributed by atoms with van der Waals surface area (Å²) < 4.78 is 4.88. The van der Waals surface area contributed by atoms with Crippen LogP contribution < -0.4 is 10.2 Å². The van der Waals surface area contributed by atoms with Gasteiger partial charge in [0.05, 0.1) is 10.6 Å². The first-order valence-corrected chi connectivity index (χ1v) is 10.2. The van der Waals surface area contributed by atoms with Gasteiger partial charge in [0, 0.05) is 19.6 Å². The molecule has 2 heterocycles. The van der Waals surface area contributed by atoms with Gasteiger partial charge >= 0.3 is 5.69 Å². The number of rotatable bonds is 6. The quantitative estimate of drug-likeness (QED) is 0.438. The minimum Gasteiger partial charge on any atom is -0.383 e. The van der Waals surface area contributed by atoms with Crippen LogP contribution in [0.5, 0.6) is 0 Å². The van der Waals surface area contributed by atoms with Gasteiger partial charge in [-0.25, -0.2) is 4.63 Å². The van der Waals surface area contributed by atoms with Gasteiger partial charge < -0.3 is 10.2 Å². The first-order chi connectivity index (χ1) is 13.6. The van der Waals surface area contributed by atoms with Gasteiger partial charge in [-0.05, 0) is 67.2 Å². The predicted molar refractivity (Wildman–Crippen MR) is 109 cm³/mol. The van der Waals surface area contributed by atoms with Gasteiger partial charge in [0.2, 0.25) is 5.52 Å². The van der Waals surface area contributed by atoms with E-state index in [1.807, 2.05) is 6.07 Å². The van der Waals surface area contributed by atoms with Crippen LogP contribution >= 0.6 is 0 Å². The summed E-state index contributed by atoms with van der Waals surface area (Å²) in [5.74, 6) is 0.647. The SMILES string of the molecule is CC1CCN(c2cc(NCCC3=CCCCC3)c3nonc3c2[N+](=O)[O-])CC1. The summed E-state index contributed by atoms with van der Waals surface area (Å²) in [6.07, 6.45) is 10.3. The highest BCUT2D eigenvalue weighted by Gasteiger charge is 2.30. The minimum atomic E-state index is -0.365. The van der Waals surface area contributed by atoms with Crippen molar-refractivity contribution in [2.75, 3.05) is 29.9 Å². The summed E-state index contributed by atoms with van der Waals surface area (Å²) in [5.41, 5.74) is 3.50. The number of nitrogens with zero attached hydrogens (tertiary/aromatic N) is 4. The molecule has 0 unspecified atom stereocenters. The number of nitro benzene ring substituents is 1. The molecule has 1 saturated heterocycles. The monoisotopic (exact) mass is 385 g/mol. The largest absolute Gasteiger partial charge is 0.383 e. The molecule has 1 N–H and O–H groups in total. The Balaban J connectivity index is 1.62.